The molecule has 3 atom stereocenters. The Morgan fingerprint density at radius 3 is 2.92 bits per heavy atom. The topological polar surface area (TPSA) is 57.5 Å². The van der Waals surface area contributed by atoms with Gasteiger partial charge in [-0.25, -0.2) is 0 Å². The van der Waals surface area contributed by atoms with Crippen LogP contribution in [0.5, 0.6) is 0 Å². The number of thioether (sulfide) groups is 1. The molecular formula is C8H16O3S2. The van der Waals surface area contributed by atoms with Crippen molar-refractivity contribution < 1.29 is 14.4 Å². The van der Waals surface area contributed by atoms with Gasteiger partial charge in [0.2, 0.25) is 0 Å². The van der Waals surface area contributed by atoms with Crippen molar-refractivity contribution in [2.45, 2.75) is 29.9 Å². The zero-order valence-electron chi connectivity index (χ0n) is 7.73. The Morgan fingerprint density at radius 2 is 2.38 bits per heavy atom. The number of hydrogen-bond donors (Lipinski definition) is 2. The molecule has 78 valence electrons. The monoisotopic (exact) mass is 224 g/mol. The van der Waals surface area contributed by atoms with E-state index in [1.807, 2.05) is 6.92 Å². The first kappa shape index (κ1) is 11.5. The molecule has 1 fully saturated rings. The van der Waals surface area contributed by atoms with E-state index in [1.165, 1.54) is 0 Å². The first-order valence-electron chi connectivity index (χ1n) is 4.40. The number of aliphatic hydroxyl groups excluding tert-OH is 2. The van der Waals surface area contributed by atoms with Gasteiger partial charge in [-0.05, 0) is 19.1 Å². The molecule has 2 N–H and O–H groups in total. The molecule has 0 radical (unpaired) electrons. The molecule has 3 nitrogen and oxygen atoms in total. The molecule has 1 heterocycles. The molecule has 1 saturated heterocycles. The van der Waals surface area contributed by atoms with Crippen LogP contribution in [0.3, 0.4) is 0 Å². The van der Waals surface area contributed by atoms with Gasteiger partial charge in [-0.3, -0.25) is 4.21 Å². The molecule has 0 amide bonds. The van der Waals surface area contributed by atoms with E-state index in [-0.39, 0.29) is 10.7 Å². The Balaban J connectivity index is 2.56. The van der Waals surface area contributed by atoms with E-state index in [0.29, 0.717) is 6.42 Å². The van der Waals surface area contributed by atoms with Crippen LogP contribution in [-0.2, 0) is 10.8 Å². The summed E-state index contributed by atoms with van der Waals surface area (Å²) in [5.74, 6) is 1.72. The molecule has 1 unspecified atom stereocenters. The maximum Gasteiger partial charge on any atom is 0.0906 e. The summed E-state index contributed by atoms with van der Waals surface area (Å²) in [4.78, 5) is 0. The minimum absolute atomic E-state index is 0.243. The van der Waals surface area contributed by atoms with E-state index in [1.54, 1.807) is 11.8 Å². The molecule has 1 aliphatic heterocycles. The lowest BCUT2D eigenvalue weighted by molar-refractivity contribution is 0.0865. The SMILES string of the molecule is C[C@]1(C[C@H](O)CO)SCCCS1=O. The van der Waals surface area contributed by atoms with Crippen LogP contribution in [0.15, 0.2) is 0 Å². The third kappa shape index (κ3) is 2.94. The van der Waals surface area contributed by atoms with Crippen LogP contribution in [0.1, 0.15) is 19.8 Å². The van der Waals surface area contributed by atoms with Gasteiger partial charge in [-0.15, -0.1) is 11.8 Å². The molecule has 0 bridgehead atoms. The second-order valence-electron chi connectivity index (χ2n) is 3.43. The number of rotatable bonds is 3. The van der Waals surface area contributed by atoms with Crippen LogP contribution in [0.2, 0.25) is 0 Å². The lowest BCUT2D eigenvalue weighted by Crippen LogP contribution is -2.37. The van der Waals surface area contributed by atoms with Crippen LogP contribution in [-0.4, -0.2) is 42.7 Å². The second kappa shape index (κ2) is 4.77. The van der Waals surface area contributed by atoms with Crippen LogP contribution >= 0.6 is 11.8 Å². The lowest BCUT2D eigenvalue weighted by Gasteiger charge is -2.33. The van der Waals surface area contributed by atoms with E-state index in [4.69, 9.17) is 5.11 Å². The van der Waals surface area contributed by atoms with Crippen molar-refractivity contribution in [2.75, 3.05) is 18.1 Å². The first-order valence-corrected chi connectivity index (χ1v) is 6.70. The summed E-state index contributed by atoms with van der Waals surface area (Å²) in [7, 11) is -0.874. The van der Waals surface area contributed by atoms with Gasteiger partial charge in [0.15, 0.2) is 0 Å². The molecule has 0 aromatic rings. The third-order valence-electron chi connectivity index (χ3n) is 2.18. The average molecular weight is 224 g/mol. The Labute approximate surface area is 85.4 Å². The molecule has 1 aliphatic rings. The smallest absolute Gasteiger partial charge is 0.0906 e. The predicted octanol–water partition coefficient (Wildman–Crippen LogP) is 0.332. The largest absolute Gasteiger partial charge is 0.394 e. The summed E-state index contributed by atoms with van der Waals surface area (Å²) in [6.07, 6.45) is 0.669. The van der Waals surface area contributed by atoms with E-state index in [0.717, 1.165) is 17.9 Å². The molecule has 13 heavy (non-hydrogen) atoms. The Hall–Kier alpha value is 0.420. The maximum atomic E-state index is 11.7. The quantitative estimate of drug-likeness (QED) is 0.725. The minimum Gasteiger partial charge on any atom is -0.394 e. The molecular weight excluding hydrogens is 208 g/mol. The Bertz CT molecular complexity index is 198. The van der Waals surface area contributed by atoms with Crippen molar-refractivity contribution in [3.63, 3.8) is 0 Å². The molecule has 0 aliphatic carbocycles. The van der Waals surface area contributed by atoms with Gasteiger partial charge in [-0.2, -0.15) is 0 Å². The van der Waals surface area contributed by atoms with Gasteiger partial charge in [0.1, 0.15) is 0 Å². The van der Waals surface area contributed by atoms with Crippen LogP contribution in [0, 0.1) is 0 Å². The average Bonchev–Trinajstić information content (AvgIpc) is 2.10. The van der Waals surface area contributed by atoms with E-state index in [9.17, 15) is 9.32 Å². The van der Waals surface area contributed by atoms with E-state index in [2.05, 4.69) is 0 Å². The van der Waals surface area contributed by atoms with E-state index < -0.39 is 16.9 Å². The van der Waals surface area contributed by atoms with Crippen molar-refractivity contribution in [3.05, 3.63) is 0 Å². The molecule has 1 rings (SSSR count). The summed E-state index contributed by atoms with van der Waals surface area (Å²) in [6, 6.07) is 0. The fraction of sp³-hybridized carbons (Fsp3) is 1.00. The lowest BCUT2D eigenvalue weighted by atomic mass is 10.2. The maximum absolute atomic E-state index is 11.7. The molecule has 0 spiro atoms. The Morgan fingerprint density at radius 1 is 1.69 bits per heavy atom. The zero-order valence-corrected chi connectivity index (χ0v) is 9.37. The van der Waals surface area contributed by atoms with Gasteiger partial charge in [-0.1, -0.05) is 0 Å². The third-order valence-corrected chi connectivity index (χ3v) is 6.15. The summed E-state index contributed by atoms with van der Waals surface area (Å²) in [6.45, 7) is 1.67. The van der Waals surface area contributed by atoms with E-state index >= 15 is 0 Å². The van der Waals surface area contributed by atoms with Crippen LogP contribution < -0.4 is 0 Å². The highest BCUT2D eigenvalue weighted by atomic mass is 32.2. The van der Waals surface area contributed by atoms with Crippen LogP contribution in [0.25, 0.3) is 0 Å². The predicted molar refractivity (Wildman–Crippen MR) is 56.2 cm³/mol. The van der Waals surface area contributed by atoms with Gasteiger partial charge in [0.25, 0.3) is 0 Å². The summed E-state index contributed by atoms with van der Waals surface area (Å²) in [5.41, 5.74) is 0. The normalized spacial score (nSPS) is 37.3. The van der Waals surface area contributed by atoms with Crippen molar-refractivity contribution in [1.29, 1.82) is 0 Å². The van der Waals surface area contributed by atoms with Gasteiger partial charge in [0.05, 0.1) is 16.8 Å². The van der Waals surface area contributed by atoms with Gasteiger partial charge in [0, 0.05) is 23.0 Å². The van der Waals surface area contributed by atoms with Gasteiger partial charge < -0.3 is 10.2 Å². The summed E-state index contributed by atoms with van der Waals surface area (Å²) in [5, 5.41) is 18.0. The summed E-state index contributed by atoms with van der Waals surface area (Å²) >= 11 is 1.65. The van der Waals surface area contributed by atoms with Crippen molar-refractivity contribution in [3.8, 4) is 0 Å². The first-order chi connectivity index (χ1) is 6.08. The van der Waals surface area contributed by atoms with Crippen molar-refractivity contribution >= 4 is 22.6 Å². The molecule has 0 aromatic carbocycles. The zero-order chi connectivity index (χ0) is 9.90. The van der Waals surface area contributed by atoms with Crippen molar-refractivity contribution in [1.82, 2.24) is 0 Å². The highest BCUT2D eigenvalue weighted by Gasteiger charge is 2.36. The van der Waals surface area contributed by atoms with Crippen molar-refractivity contribution in [2.24, 2.45) is 0 Å². The van der Waals surface area contributed by atoms with Gasteiger partial charge >= 0.3 is 0 Å². The minimum atomic E-state index is -0.874. The summed E-state index contributed by atoms with van der Waals surface area (Å²) < 4.78 is 11.3. The molecule has 0 aromatic heterocycles. The number of aliphatic hydroxyl groups is 2. The highest BCUT2D eigenvalue weighted by Crippen LogP contribution is 2.37. The molecule has 0 saturated carbocycles. The fourth-order valence-electron chi connectivity index (χ4n) is 1.40. The fourth-order valence-corrected chi connectivity index (χ4v) is 4.86. The second-order valence-corrected chi connectivity index (χ2v) is 7.28. The standard InChI is InChI=1S/C8H16O3S2/c1-8(5-7(10)6-9)12-3-2-4-13(8)11/h7,9-10H,2-6H2,1H3/t7-,8-,13?/m0/s1. The number of hydrogen-bond acceptors (Lipinski definition) is 4. The Kier molecular flexibility index (Phi) is 4.22. The molecule has 5 heteroatoms. The highest BCUT2D eigenvalue weighted by molar-refractivity contribution is 8.13. The van der Waals surface area contributed by atoms with Crippen LogP contribution in [0.4, 0.5) is 0 Å².